The van der Waals surface area contributed by atoms with Crippen LogP contribution in [0.5, 0.6) is 5.75 Å². The first-order valence-corrected chi connectivity index (χ1v) is 7.07. The lowest BCUT2D eigenvalue weighted by molar-refractivity contribution is 0.0686. The van der Waals surface area contributed by atoms with Crippen molar-refractivity contribution in [2.75, 3.05) is 20.2 Å². The predicted molar refractivity (Wildman–Crippen MR) is 77.2 cm³/mol. The summed E-state index contributed by atoms with van der Waals surface area (Å²) in [6, 6.07) is 7.68. The van der Waals surface area contributed by atoms with Crippen LogP contribution >= 0.6 is 0 Å². The summed E-state index contributed by atoms with van der Waals surface area (Å²) in [5.74, 6) is 0.658. The molecule has 3 rings (SSSR count). The van der Waals surface area contributed by atoms with Crippen LogP contribution in [-0.4, -0.2) is 46.0 Å². The lowest BCUT2D eigenvalue weighted by Crippen LogP contribution is -2.39. The highest BCUT2D eigenvalue weighted by molar-refractivity contribution is 5.97. The largest absolute Gasteiger partial charge is 0.496 e. The van der Waals surface area contributed by atoms with Crippen LogP contribution in [0.2, 0.25) is 0 Å². The van der Waals surface area contributed by atoms with Gasteiger partial charge in [0.15, 0.2) is 0 Å². The number of hydrogen-bond donors (Lipinski definition) is 0. The zero-order valence-electron chi connectivity index (χ0n) is 12.0. The number of rotatable bonds is 3. The summed E-state index contributed by atoms with van der Waals surface area (Å²) < 4.78 is 7.15. The fourth-order valence-electron chi connectivity index (χ4n) is 2.74. The standard InChI is InChI=1S/C15H18N4O2/c1-21-14-5-3-2-4-13(14)15(20)18-9-6-12(7-10-18)19-11-8-16-17-19/h2-5,8,11-12H,6-7,9-10H2,1H3. The topological polar surface area (TPSA) is 60.2 Å². The van der Waals surface area contributed by atoms with Crippen LogP contribution in [-0.2, 0) is 0 Å². The van der Waals surface area contributed by atoms with Crippen LogP contribution in [0.25, 0.3) is 0 Å². The zero-order valence-corrected chi connectivity index (χ0v) is 12.0. The van der Waals surface area contributed by atoms with Gasteiger partial charge in [-0.05, 0) is 25.0 Å². The summed E-state index contributed by atoms with van der Waals surface area (Å²) in [7, 11) is 1.59. The number of carbonyl (C=O) groups is 1. The normalized spacial score (nSPS) is 16.0. The molecule has 110 valence electrons. The van der Waals surface area contributed by atoms with Crippen molar-refractivity contribution in [2.45, 2.75) is 18.9 Å². The second-order valence-electron chi connectivity index (χ2n) is 5.11. The van der Waals surface area contributed by atoms with Crippen molar-refractivity contribution in [3.63, 3.8) is 0 Å². The van der Waals surface area contributed by atoms with Gasteiger partial charge in [-0.1, -0.05) is 17.3 Å². The molecular formula is C15H18N4O2. The Kier molecular flexibility index (Phi) is 3.85. The number of likely N-dealkylation sites (tertiary alicyclic amines) is 1. The van der Waals surface area contributed by atoms with Gasteiger partial charge in [0.2, 0.25) is 0 Å². The number of ether oxygens (including phenoxy) is 1. The predicted octanol–water partition coefficient (Wildman–Crippen LogP) is 1.76. The molecule has 0 radical (unpaired) electrons. The van der Waals surface area contributed by atoms with Gasteiger partial charge in [0.25, 0.3) is 5.91 Å². The van der Waals surface area contributed by atoms with E-state index in [9.17, 15) is 4.79 Å². The molecule has 6 nitrogen and oxygen atoms in total. The molecule has 0 aliphatic carbocycles. The highest BCUT2D eigenvalue weighted by Crippen LogP contribution is 2.25. The monoisotopic (exact) mass is 286 g/mol. The minimum Gasteiger partial charge on any atom is -0.496 e. The van der Waals surface area contributed by atoms with E-state index in [1.807, 2.05) is 40.0 Å². The van der Waals surface area contributed by atoms with Crippen molar-refractivity contribution in [1.29, 1.82) is 0 Å². The Morgan fingerprint density at radius 2 is 2.05 bits per heavy atom. The number of nitrogens with zero attached hydrogens (tertiary/aromatic N) is 4. The maximum atomic E-state index is 12.6. The molecule has 0 atom stereocenters. The third-order valence-electron chi connectivity index (χ3n) is 3.90. The van der Waals surface area contributed by atoms with E-state index in [4.69, 9.17) is 4.74 Å². The Bertz CT molecular complexity index is 604. The van der Waals surface area contributed by atoms with Crippen molar-refractivity contribution in [2.24, 2.45) is 0 Å². The lowest BCUT2D eigenvalue weighted by atomic mass is 10.0. The van der Waals surface area contributed by atoms with Gasteiger partial charge in [0.05, 0.1) is 24.9 Å². The van der Waals surface area contributed by atoms with Crippen LogP contribution in [0.3, 0.4) is 0 Å². The quantitative estimate of drug-likeness (QED) is 0.862. The first kappa shape index (κ1) is 13.6. The molecule has 1 fully saturated rings. The minimum absolute atomic E-state index is 0.0319. The molecule has 6 heteroatoms. The van der Waals surface area contributed by atoms with Crippen LogP contribution in [0.4, 0.5) is 0 Å². The highest BCUT2D eigenvalue weighted by atomic mass is 16.5. The van der Waals surface area contributed by atoms with Crippen molar-refractivity contribution < 1.29 is 9.53 Å². The molecule has 1 amide bonds. The number of para-hydroxylation sites is 1. The summed E-state index contributed by atoms with van der Waals surface area (Å²) in [4.78, 5) is 14.5. The van der Waals surface area contributed by atoms with Gasteiger partial charge >= 0.3 is 0 Å². The fraction of sp³-hybridized carbons (Fsp3) is 0.400. The second-order valence-corrected chi connectivity index (χ2v) is 5.11. The summed E-state index contributed by atoms with van der Waals surface area (Å²) in [5, 5.41) is 7.88. The average Bonchev–Trinajstić information content (AvgIpc) is 3.09. The maximum Gasteiger partial charge on any atom is 0.257 e. The Hall–Kier alpha value is -2.37. The van der Waals surface area contributed by atoms with Gasteiger partial charge in [-0.15, -0.1) is 5.10 Å². The molecule has 1 saturated heterocycles. The third-order valence-corrected chi connectivity index (χ3v) is 3.90. The molecule has 2 heterocycles. The number of hydrogen-bond acceptors (Lipinski definition) is 4. The van der Waals surface area contributed by atoms with Gasteiger partial charge in [-0.3, -0.25) is 4.79 Å². The molecule has 21 heavy (non-hydrogen) atoms. The van der Waals surface area contributed by atoms with Gasteiger partial charge in [-0.25, -0.2) is 4.68 Å². The number of benzene rings is 1. The summed E-state index contributed by atoms with van der Waals surface area (Å²) >= 11 is 0. The van der Waals surface area contributed by atoms with Crippen molar-refractivity contribution in [3.05, 3.63) is 42.2 Å². The molecule has 0 bridgehead atoms. The molecule has 1 aliphatic heterocycles. The molecule has 1 aromatic carbocycles. The van der Waals surface area contributed by atoms with Crippen LogP contribution in [0.1, 0.15) is 29.2 Å². The molecule has 1 aliphatic rings. The van der Waals surface area contributed by atoms with E-state index >= 15 is 0 Å². The van der Waals surface area contributed by atoms with Crippen LogP contribution in [0, 0.1) is 0 Å². The maximum absolute atomic E-state index is 12.6. The number of methoxy groups -OCH3 is 1. The minimum atomic E-state index is 0.0319. The van der Waals surface area contributed by atoms with Gasteiger partial charge in [-0.2, -0.15) is 0 Å². The number of amides is 1. The Morgan fingerprint density at radius 3 is 2.71 bits per heavy atom. The van der Waals surface area contributed by atoms with Crippen molar-refractivity contribution in [3.8, 4) is 5.75 Å². The zero-order chi connectivity index (χ0) is 14.7. The molecule has 0 saturated carbocycles. The van der Waals surface area contributed by atoms with E-state index in [0.717, 1.165) is 25.9 Å². The van der Waals surface area contributed by atoms with Crippen molar-refractivity contribution in [1.82, 2.24) is 19.9 Å². The van der Waals surface area contributed by atoms with E-state index in [1.165, 1.54) is 0 Å². The highest BCUT2D eigenvalue weighted by Gasteiger charge is 2.26. The van der Waals surface area contributed by atoms with Gasteiger partial charge in [0, 0.05) is 19.3 Å². The van der Waals surface area contributed by atoms with Gasteiger partial charge in [0.1, 0.15) is 5.75 Å². The van der Waals surface area contributed by atoms with E-state index in [0.29, 0.717) is 17.4 Å². The molecule has 0 spiro atoms. The molecule has 0 N–H and O–H groups in total. The second kappa shape index (κ2) is 5.95. The number of carbonyl (C=O) groups excluding carboxylic acids is 1. The number of aromatic nitrogens is 3. The summed E-state index contributed by atoms with van der Waals surface area (Å²) in [6.07, 6.45) is 5.35. The number of piperidine rings is 1. The first-order chi connectivity index (χ1) is 10.3. The fourth-order valence-corrected chi connectivity index (χ4v) is 2.74. The lowest BCUT2D eigenvalue weighted by Gasteiger charge is -2.32. The van der Waals surface area contributed by atoms with Crippen molar-refractivity contribution >= 4 is 5.91 Å². The SMILES string of the molecule is COc1ccccc1C(=O)N1CCC(n2ccnn2)CC1. The Morgan fingerprint density at radius 1 is 1.29 bits per heavy atom. The van der Waals surface area contributed by atoms with E-state index in [1.54, 1.807) is 13.3 Å². The Labute approximate surface area is 123 Å². The molecule has 1 aromatic heterocycles. The van der Waals surface area contributed by atoms with E-state index in [-0.39, 0.29) is 5.91 Å². The smallest absolute Gasteiger partial charge is 0.257 e. The van der Waals surface area contributed by atoms with E-state index < -0.39 is 0 Å². The van der Waals surface area contributed by atoms with E-state index in [2.05, 4.69) is 10.3 Å². The molecular weight excluding hydrogens is 268 g/mol. The molecule has 0 unspecified atom stereocenters. The average molecular weight is 286 g/mol. The summed E-state index contributed by atoms with van der Waals surface area (Å²) in [6.45, 7) is 1.45. The van der Waals surface area contributed by atoms with Crippen LogP contribution in [0.15, 0.2) is 36.7 Å². The summed E-state index contributed by atoms with van der Waals surface area (Å²) in [5.41, 5.74) is 0.624. The van der Waals surface area contributed by atoms with Crippen LogP contribution < -0.4 is 4.74 Å². The third kappa shape index (κ3) is 2.74. The Balaban J connectivity index is 1.68. The first-order valence-electron chi connectivity index (χ1n) is 7.07. The van der Waals surface area contributed by atoms with Gasteiger partial charge < -0.3 is 9.64 Å². The molecule has 2 aromatic rings.